The van der Waals surface area contributed by atoms with Gasteiger partial charge in [0.1, 0.15) is 0 Å². The standard InChI is InChI=1S/C11H18N2.C3H4N2/c1-2-5-11(4-1)6-3-8-13-9-7-12-10-13;1-2-5-3-4-1/h7,9-11H,1-6,8H2;1-3H,(H,4,5). The Bertz CT molecular complexity index is 357. The molecular weight excluding hydrogens is 224 g/mol. The van der Waals surface area contributed by atoms with E-state index in [9.17, 15) is 0 Å². The van der Waals surface area contributed by atoms with E-state index < -0.39 is 0 Å². The summed E-state index contributed by atoms with van der Waals surface area (Å²) in [5.41, 5.74) is 0. The maximum atomic E-state index is 4.04. The average Bonchev–Trinajstić information content (AvgIpc) is 3.16. The van der Waals surface area contributed by atoms with E-state index >= 15 is 0 Å². The number of nitrogens with one attached hydrogen (secondary N) is 1. The van der Waals surface area contributed by atoms with E-state index in [-0.39, 0.29) is 0 Å². The summed E-state index contributed by atoms with van der Waals surface area (Å²) >= 11 is 0. The first-order valence-electron chi connectivity index (χ1n) is 6.83. The molecule has 3 rings (SSSR count). The summed E-state index contributed by atoms with van der Waals surface area (Å²) in [4.78, 5) is 10.5. The van der Waals surface area contributed by atoms with Crippen LogP contribution in [0.3, 0.4) is 0 Å². The molecule has 4 nitrogen and oxygen atoms in total. The lowest BCUT2D eigenvalue weighted by Gasteiger charge is -2.08. The maximum Gasteiger partial charge on any atom is 0.0945 e. The van der Waals surface area contributed by atoms with E-state index in [4.69, 9.17) is 0 Å². The van der Waals surface area contributed by atoms with E-state index in [0.717, 1.165) is 12.5 Å². The number of aromatic nitrogens is 4. The Balaban J connectivity index is 0.000000202. The van der Waals surface area contributed by atoms with Gasteiger partial charge in [-0.15, -0.1) is 0 Å². The Hall–Kier alpha value is -1.58. The van der Waals surface area contributed by atoms with Crippen LogP contribution in [0, 0.1) is 5.92 Å². The van der Waals surface area contributed by atoms with Gasteiger partial charge in [-0.2, -0.15) is 0 Å². The second-order valence-electron chi connectivity index (χ2n) is 4.85. The van der Waals surface area contributed by atoms with Crippen molar-refractivity contribution in [3.63, 3.8) is 0 Å². The first-order chi connectivity index (χ1) is 8.95. The van der Waals surface area contributed by atoms with E-state index in [1.54, 1.807) is 18.7 Å². The molecule has 2 aromatic rings. The zero-order valence-electron chi connectivity index (χ0n) is 10.8. The van der Waals surface area contributed by atoms with Crippen LogP contribution in [0.1, 0.15) is 38.5 Å². The molecule has 4 heteroatoms. The van der Waals surface area contributed by atoms with Crippen LogP contribution in [0.2, 0.25) is 0 Å². The average molecular weight is 246 g/mol. The Morgan fingerprint density at radius 3 is 2.61 bits per heavy atom. The molecule has 0 unspecified atom stereocenters. The molecule has 2 heterocycles. The molecule has 0 saturated heterocycles. The van der Waals surface area contributed by atoms with Crippen LogP contribution in [0.25, 0.3) is 0 Å². The van der Waals surface area contributed by atoms with E-state index in [2.05, 4.69) is 25.7 Å². The summed E-state index contributed by atoms with van der Waals surface area (Å²) in [5, 5.41) is 0. The van der Waals surface area contributed by atoms with Crippen molar-refractivity contribution in [1.29, 1.82) is 0 Å². The van der Waals surface area contributed by atoms with Gasteiger partial charge in [0.05, 0.1) is 12.7 Å². The van der Waals surface area contributed by atoms with E-state index in [1.807, 2.05) is 12.5 Å². The van der Waals surface area contributed by atoms with Crippen LogP contribution in [0.4, 0.5) is 0 Å². The van der Waals surface area contributed by atoms with Gasteiger partial charge in [-0.1, -0.05) is 25.7 Å². The molecule has 0 aliphatic heterocycles. The first kappa shape index (κ1) is 12.9. The smallest absolute Gasteiger partial charge is 0.0945 e. The Morgan fingerprint density at radius 1 is 1.17 bits per heavy atom. The van der Waals surface area contributed by atoms with Gasteiger partial charge >= 0.3 is 0 Å². The molecule has 0 aromatic carbocycles. The van der Waals surface area contributed by atoms with Crippen LogP contribution < -0.4 is 0 Å². The van der Waals surface area contributed by atoms with Crippen LogP contribution in [0.5, 0.6) is 0 Å². The topological polar surface area (TPSA) is 46.5 Å². The van der Waals surface area contributed by atoms with Gasteiger partial charge < -0.3 is 9.55 Å². The van der Waals surface area contributed by atoms with Gasteiger partial charge in [0.2, 0.25) is 0 Å². The molecule has 1 saturated carbocycles. The van der Waals surface area contributed by atoms with Crippen molar-refractivity contribution in [2.24, 2.45) is 5.92 Å². The number of aryl methyl sites for hydroxylation is 1. The van der Waals surface area contributed by atoms with Gasteiger partial charge in [0.25, 0.3) is 0 Å². The minimum absolute atomic E-state index is 1.03. The number of nitrogens with zero attached hydrogens (tertiary/aromatic N) is 3. The molecule has 1 aliphatic carbocycles. The fraction of sp³-hybridized carbons (Fsp3) is 0.571. The Labute approximate surface area is 108 Å². The molecule has 0 atom stereocenters. The van der Waals surface area contributed by atoms with Crippen LogP contribution in [-0.4, -0.2) is 19.5 Å². The second-order valence-corrected chi connectivity index (χ2v) is 4.85. The minimum Gasteiger partial charge on any atom is -0.351 e. The van der Waals surface area contributed by atoms with Crippen LogP contribution >= 0.6 is 0 Å². The molecule has 1 fully saturated rings. The summed E-state index contributed by atoms with van der Waals surface area (Å²) in [6.07, 6.45) is 19.5. The summed E-state index contributed by atoms with van der Waals surface area (Å²) in [6, 6.07) is 0. The number of rotatable bonds is 4. The van der Waals surface area contributed by atoms with Crippen molar-refractivity contribution in [2.75, 3.05) is 0 Å². The molecule has 0 amide bonds. The zero-order chi connectivity index (χ0) is 12.5. The first-order valence-corrected chi connectivity index (χ1v) is 6.83. The van der Waals surface area contributed by atoms with Crippen molar-refractivity contribution in [3.05, 3.63) is 37.4 Å². The number of aromatic amines is 1. The lowest BCUT2D eigenvalue weighted by molar-refractivity contribution is 0.458. The predicted octanol–water partition coefficient (Wildman–Crippen LogP) is 3.26. The van der Waals surface area contributed by atoms with Crippen molar-refractivity contribution >= 4 is 0 Å². The number of imidazole rings is 2. The molecule has 2 aromatic heterocycles. The van der Waals surface area contributed by atoms with E-state index in [1.165, 1.54) is 38.5 Å². The summed E-state index contributed by atoms with van der Waals surface area (Å²) in [6.45, 7) is 1.15. The molecular formula is C14H22N4. The van der Waals surface area contributed by atoms with Crippen molar-refractivity contribution < 1.29 is 0 Å². The summed E-state index contributed by atoms with van der Waals surface area (Å²) < 4.78 is 2.18. The molecule has 0 bridgehead atoms. The minimum atomic E-state index is 1.03. The molecule has 1 aliphatic rings. The van der Waals surface area contributed by atoms with Gasteiger partial charge in [-0.3, -0.25) is 0 Å². The van der Waals surface area contributed by atoms with Crippen molar-refractivity contribution in [1.82, 2.24) is 19.5 Å². The monoisotopic (exact) mass is 246 g/mol. The second kappa shape index (κ2) is 7.69. The Morgan fingerprint density at radius 2 is 2.06 bits per heavy atom. The highest BCUT2D eigenvalue weighted by molar-refractivity contribution is 4.74. The molecule has 0 radical (unpaired) electrons. The number of hydrogen-bond donors (Lipinski definition) is 1. The molecule has 1 N–H and O–H groups in total. The molecule has 98 valence electrons. The van der Waals surface area contributed by atoms with Crippen molar-refractivity contribution in [3.8, 4) is 0 Å². The Kier molecular flexibility index (Phi) is 5.50. The summed E-state index contributed by atoms with van der Waals surface area (Å²) in [7, 11) is 0. The summed E-state index contributed by atoms with van der Waals surface area (Å²) in [5.74, 6) is 1.03. The third kappa shape index (κ3) is 4.73. The third-order valence-electron chi connectivity index (χ3n) is 3.47. The number of hydrogen-bond acceptors (Lipinski definition) is 2. The lowest BCUT2D eigenvalue weighted by Crippen LogP contribution is -1.98. The SMILES string of the molecule is c1c[nH]cn1.c1cn(CCCC2CCCC2)cn1. The van der Waals surface area contributed by atoms with Gasteiger partial charge in [-0.05, 0) is 18.8 Å². The highest BCUT2D eigenvalue weighted by Gasteiger charge is 2.13. The maximum absolute atomic E-state index is 4.04. The highest BCUT2D eigenvalue weighted by Crippen LogP contribution is 2.28. The zero-order valence-corrected chi connectivity index (χ0v) is 10.8. The third-order valence-corrected chi connectivity index (χ3v) is 3.47. The van der Waals surface area contributed by atoms with Gasteiger partial charge in [-0.25, -0.2) is 9.97 Å². The fourth-order valence-electron chi connectivity index (χ4n) is 2.50. The molecule has 0 spiro atoms. The van der Waals surface area contributed by atoms with Crippen LogP contribution in [0.15, 0.2) is 37.4 Å². The largest absolute Gasteiger partial charge is 0.351 e. The quantitative estimate of drug-likeness (QED) is 0.900. The molecule has 18 heavy (non-hydrogen) atoms. The van der Waals surface area contributed by atoms with Crippen LogP contribution in [-0.2, 0) is 6.54 Å². The van der Waals surface area contributed by atoms with Gasteiger partial charge in [0.15, 0.2) is 0 Å². The highest BCUT2D eigenvalue weighted by atomic mass is 15.0. The van der Waals surface area contributed by atoms with E-state index in [0.29, 0.717) is 0 Å². The predicted molar refractivity (Wildman–Crippen MR) is 72.0 cm³/mol. The number of H-pyrrole nitrogens is 1. The fourth-order valence-corrected chi connectivity index (χ4v) is 2.50. The normalized spacial score (nSPS) is 15.3. The van der Waals surface area contributed by atoms with Gasteiger partial charge in [0, 0.05) is 31.3 Å². The lowest BCUT2D eigenvalue weighted by atomic mass is 10.0. The van der Waals surface area contributed by atoms with Crippen molar-refractivity contribution in [2.45, 2.75) is 45.1 Å².